The van der Waals surface area contributed by atoms with Crippen LogP contribution in [0.4, 0.5) is 0 Å². The third kappa shape index (κ3) is 4.74. The third-order valence-electron chi connectivity index (χ3n) is 2.91. The Balaban J connectivity index is 2.54. The molecule has 0 aliphatic rings. The van der Waals surface area contributed by atoms with E-state index in [4.69, 9.17) is 18.0 Å². The lowest BCUT2D eigenvalue weighted by atomic mass is 10.1. The summed E-state index contributed by atoms with van der Waals surface area (Å²) in [7, 11) is 0. The van der Waals surface area contributed by atoms with E-state index in [0.29, 0.717) is 4.99 Å². The van der Waals surface area contributed by atoms with Crippen LogP contribution in [-0.4, -0.2) is 23.0 Å². The predicted molar refractivity (Wildman–Crippen MR) is 80.6 cm³/mol. The first kappa shape index (κ1) is 14.6. The first-order valence-electron chi connectivity index (χ1n) is 6.16. The van der Waals surface area contributed by atoms with Crippen LogP contribution in [0.25, 0.3) is 0 Å². The van der Waals surface area contributed by atoms with Crippen LogP contribution < -0.4 is 5.73 Å². The lowest BCUT2D eigenvalue weighted by molar-refractivity contribution is 0.266. The van der Waals surface area contributed by atoms with Crippen molar-refractivity contribution in [2.75, 3.05) is 13.1 Å². The molecule has 1 aromatic rings. The van der Waals surface area contributed by atoms with Gasteiger partial charge in [0.15, 0.2) is 0 Å². The topological polar surface area (TPSA) is 29.3 Å². The van der Waals surface area contributed by atoms with E-state index in [9.17, 15) is 0 Å². The van der Waals surface area contributed by atoms with Gasteiger partial charge < -0.3 is 5.73 Å². The Kier molecular flexibility index (Phi) is 6.09. The van der Waals surface area contributed by atoms with Crippen LogP contribution in [0.2, 0.25) is 0 Å². The molecule has 1 heterocycles. The largest absolute Gasteiger partial charge is 0.393 e. The quantitative estimate of drug-likeness (QED) is 0.772. The van der Waals surface area contributed by atoms with Gasteiger partial charge in [0.1, 0.15) is 0 Å². The van der Waals surface area contributed by atoms with Crippen LogP contribution in [0.3, 0.4) is 0 Å². The molecule has 1 aromatic heterocycles. The molecule has 0 fully saturated rings. The molecule has 1 rings (SSSR count). The van der Waals surface area contributed by atoms with Gasteiger partial charge in [-0.05, 0) is 25.1 Å². The number of thiophene rings is 1. The molecule has 0 aliphatic carbocycles. The summed E-state index contributed by atoms with van der Waals surface area (Å²) in [5.41, 5.74) is 5.67. The van der Waals surface area contributed by atoms with E-state index in [1.807, 2.05) is 11.3 Å². The Morgan fingerprint density at radius 1 is 1.41 bits per heavy atom. The van der Waals surface area contributed by atoms with Gasteiger partial charge in [-0.15, -0.1) is 11.3 Å². The summed E-state index contributed by atoms with van der Waals surface area (Å²) in [5.74, 6) is 0.288. The first-order chi connectivity index (χ1) is 8.06. The minimum atomic E-state index is 0.288. The van der Waals surface area contributed by atoms with Gasteiger partial charge in [-0.3, -0.25) is 4.90 Å². The van der Waals surface area contributed by atoms with Crippen LogP contribution in [0, 0.1) is 5.92 Å². The second-order valence-corrected chi connectivity index (χ2v) is 6.08. The molecule has 0 aliphatic heterocycles. The molecule has 0 radical (unpaired) electrons. The fourth-order valence-electron chi connectivity index (χ4n) is 1.70. The van der Waals surface area contributed by atoms with Crippen molar-refractivity contribution in [3.8, 4) is 0 Å². The Hall–Kier alpha value is -0.450. The number of aryl methyl sites for hydroxylation is 1. The van der Waals surface area contributed by atoms with Crippen molar-refractivity contribution in [1.29, 1.82) is 0 Å². The molecular formula is C13H22N2S2. The zero-order valence-electron chi connectivity index (χ0n) is 10.9. The minimum absolute atomic E-state index is 0.288. The summed E-state index contributed by atoms with van der Waals surface area (Å²) in [6, 6.07) is 4.46. The van der Waals surface area contributed by atoms with Gasteiger partial charge in [0, 0.05) is 28.8 Å². The number of thiocarbonyl (C=S) groups is 1. The lowest BCUT2D eigenvalue weighted by Crippen LogP contribution is -2.33. The van der Waals surface area contributed by atoms with Crippen LogP contribution in [0.15, 0.2) is 12.1 Å². The number of hydrogen-bond acceptors (Lipinski definition) is 3. The third-order valence-corrected chi connectivity index (χ3v) is 4.53. The van der Waals surface area contributed by atoms with Gasteiger partial charge in [0.05, 0.1) is 4.99 Å². The molecule has 0 saturated carbocycles. The highest BCUT2D eigenvalue weighted by atomic mass is 32.1. The molecule has 0 aromatic carbocycles. The number of nitrogens with zero attached hydrogens (tertiary/aromatic N) is 1. The molecule has 0 spiro atoms. The zero-order chi connectivity index (χ0) is 12.8. The summed E-state index contributed by atoms with van der Waals surface area (Å²) in [6.07, 6.45) is 1.13. The van der Waals surface area contributed by atoms with Crippen molar-refractivity contribution in [1.82, 2.24) is 4.90 Å². The van der Waals surface area contributed by atoms with Gasteiger partial charge >= 0.3 is 0 Å². The molecule has 2 nitrogen and oxygen atoms in total. The fourth-order valence-corrected chi connectivity index (χ4v) is 2.78. The van der Waals surface area contributed by atoms with E-state index in [1.54, 1.807) is 0 Å². The smallest absolute Gasteiger partial charge is 0.0768 e. The monoisotopic (exact) mass is 270 g/mol. The Bertz CT molecular complexity index is 360. The molecule has 0 bridgehead atoms. The highest BCUT2D eigenvalue weighted by Crippen LogP contribution is 2.19. The Labute approximate surface area is 114 Å². The second-order valence-electron chi connectivity index (χ2n) is 4.35. The second kappa shape index (κ2) is 7.09. The average molecular weight is 270 g/mol. The maximum Gasteiger partial charge on any atom is 0.0768 e. The summed E-state index contributed by atoms with van der Waals surface area (Å²) < 4.78 is 0. The van der Waals surface area contributed by atoms with Crippen molar-refractivity contribution in [2.45, 2.75) is 33.7 Å². The van der Waals surface area contributed by atoms with Crippen molar-refractivity contribution in [2.24, 2.45) is 11.7 Å². The van der Waals surface area contributed by atoms with Crippen molar-refractivity contribution >= 4 is 28.5 Å². The van der Waals surface area contributed by atoms with Crippen molar-refractivity contribution in [3.63, 3.8) is 0 Å². The molecule has 1 unspecified atom stereocenters. The van der Waals surface area contributed by atoms with Gasteiger partial charge in [0.25, 0.3) is 0 Å². The molecule has 4 heteroatoms. The van der Waals surface area contributed by atoms with E-state index < -0.39 is 0 Å². The molecular weight excluding hydrogens is 248 g/mol. The van der Waals surface area contributed by atoms with Gasteiger partial charge in [-0.2, -0.15) is 0 Å². The summed E-state index contributed by atoms with van der Waals surface area (Å²) >= 11 is 6.93. The SMILES string of the molecule is CCc1ccc(CN(CC)CC(C)C(N)=S)s1. The molecule has 1 atom stereocenters. The molecule has 0 saturated heterocycles. The maximum atomic E-state index is 5.67. The summed E-state index contributed by atoms with van der Waals surface area (Å²) in [6.45, 7) is 9.46. The standard InChI is InChI=1S/C13H22N2S2/c1-4-11-6-7-12(17-11)9-15(5-2)8-10(3)13(14)16/h6-7,10H,4-5,8-9H2,1-3H3,(H2,14,16). The van der Waals surface area contributed by atoms with Gasteiger partial charge in [-0.1, -0.05) is 33.0 Å². The molecule has 17 heavy (non-hydrogen) atoms. The maximum absolute atomic E-state index is 5.67. The number of rotatable bonds is 7. The summed E-state index contributed by atoms with van der Waals surface area (Å²) in [4.78, 5) is 5.90. The van der Waals surface area contributed by atoms with Crippen LogP contribution in [0.1, 0.15) is 30.5 Å². The fraction of sp³-hybridized carbons (Fsp3) is 0.615. The van der Waals surface area contributed by atoms with E-state index in [-0.39, 0.29) is 5.92 Å². The highest BCUT2D eigenvalue weighted by Gasteiger charge is 2.12. The van der Waals surface area contributed by atoms with Crippen LogP contribution >= 0.6 is 23.6 Å². The average Bonchev–Trinajstić information content (AvgIpc) is 2.75. The molecule has 2 N–H and O–H groups in total. The van der Waals surface area contributed by atoms with Gasteiger partial charge in [0.2, 0.25) is 0 Å². The van der Waals surface area contributed by atoms with Crippen molar-refractivity contribution < 1.29 is 0 Å². The zero-order valence-corrected chi connectivity index (χ0v) is 12.5. The predicted octanol–water partition coefficient (Wildman–Crippen LogP) is 3.05. The van der Waals surface area contributed by atoms with Crippen LogP contribution in [0.5, 0.6) is 0 Å². The van der Waals surface area contributed by atoms with Gasteiger partial charge in [-0.25, -0.2) is 0 Å². The minimum Gasteiger partial charge on any atom is -0.393 e. The molecule has 0 amide bonds. The van der Waals surface area contributed by atoms with E-state index >= 15 is 0 Å². The summed E-state index contributed by atoms with van der Waals surface area (Å²) in [5, 5.41) is 0. The first-order valence-corrected chi connectivity index (χ1v) is 7.38. The van der Waals surface area contributed by atoms with Crippen LogP contribution in [-0.2, 0) is 13.0 Å². The van der Waals surface area contributed by atoms with E-state index in [0.717, 1.165) is 26.1 Å². The highest BCUT2D eigenvalue weighted by molar-refractivity contribution is 7.80. The normalized spacial score (nSPS) is 12.9. The molecule has 96 valence electrons. The Morgan fingerprint density at radius 2 is 2.06 bits per heavy atom. The lowest BCUT2D eigenvalue weighted by Gasteiger charge is -2.23. The van der Waals surface area contributed by atoms with Crippen molar-refractivity contribution in [3.05, 3.63) is 21.9 Å². The number of hydrogen-bond donors (Lipinski definition) is 1. The van der Waals surface area contributed by atoms with E-state index in [1.165, 1.54) is 9.75 Å². The van der Waals surface area contributed by atoms with E-state index in [2.05, 4.69) is 37.8 Å². The Morgan fingerprint density at radius 3 is 2.53 bits per heavy atom. The number of nitrogens with two attached hydrogens (primary N) is 1.